The Kier molecular flexibility index (Phi) is 4.82. The highest BCUT2D eigenvalue weighted by atomic mass is 32.2. The molecule has 2 aliphatic heterocycles. The van der Waals surface area contributed by atoms with Gasteiger partial charge in [-0.05, 0) is 18.2 Å². The summed E-state index contributed by atoms with van der Waals surface area (Å²) in [6, 6.07) is 14.1. The number of fused-ring (bicyclic) bond motifs is 1. The molecule has 2 aliphatic rings. The Morgan fingerprint density at radius 2 is 1.64 bits per heavy atom. The lowest BCUT2D eigenvalue weighted by Crippen LogP contribution is -2.42. The average molecular weight is 399 g/mol. The van der Waals surface area contributed by atoms with Crippen molar-refractivity contribution in [1.82, 2.24) is 4.90 Å². The normalized spacial score (nSPS) is 18.0. The number of anilines is 2. The van der Waals surface area contributed by atoms with E-state index in [-0.39, 0.29) is 9.80 Å². The van der Waals surface area contributed by atoms with E-state index in [1.807, 2.05) is 24.3 Å². The predicted molar refractivity (Wildman–Crippen MR) is 108 cm³/mol. The summed E-state index contributed by atoms with van der Waals surface area (Å²) < 4.78 is 31.8. The van der Waals surface area contributed by atoms with Gasteiger partial charge in [0.1, 0.15) is 0 Å². The van der Waals surface area contributed by atoms with Gasteiger partial charge < -0.3 is 20.3 Å². The van der Waals surface area contributed by atoms with E-state index in [0.717, 1.165) is 5.69 Å². The Morgan fingerprint density at radius 3 is 2.36 bits per heavy atom. The van der Waals surface area contributed by atoms with Crippen LogP contribution < -0.4 is 10.6 Å². The van der Waals surface area contributed by atoms with Crippen LogP contribution in [0.25, 0.3) is 5.70 Å². The first kappa shape index (κ1) is 18.5. The lowest BCUT2D eigenvalue weighted by atomic mass is 10.1. The van der Waals surface area contributed by atoms with E-state index in [2.05, 4.69) is 10.6 Å². The van der Waals surface area contributed by atoms with Crippen molar-refractivity contribution in [2.45, 2.75) is 4.90 Å². The third-order valence-electron chi connectivity index (χ3n) is 4.89. The third kappa shape index (κ3) is 3.04. The van der Waals surface area contributed by atoms with Gasteiger partial charge in [-0.2, -0.15) is 0 Å². The van der Waals surface area contributed by atoms with Crippen LogP contribution in [-0.2, 0) is 19.4 Å². The predicted octanol–water partition coefficient (Wildman–Crippen LogP) is 2.16. The summed E-state index contributed by atoms with van der Waals surface area (Å²) in [6.45, 7) is 1.54. The lowest BCUT2D eigenvalue weighted by Gasteiger charge is -2.27. The molecule has 0 spiro atoms. The number of nitrogens with zero attached hydrogens (tertiary/aromatic N) is 1. The molecule has 0 radical (unpaired) electrons. The zero-order chi connectivity index (χ0) is 19.7. The second kappa shape index (κ2) is 7.29. The van der Waals surface area contributed by atoms with Crippen LogP contribution in [0.1, 0.15) is 5.56 Å². The summed E-state index contributed by atoms with van der Waals surface area (Å²) in [5.74, 6) is -0.496. The zero-order valence-electron chi connectivity index (χ0n) is 15.4. The quantitative estimate of drug-likeness (QED) is 0.819. The minimum absolute atomic E-state index is 0.149. The monoisotopic (exact) mass is 399 g/mol. The Balaban J connectivity index is 1.86. The fourth-order valence-electron chi connectivity index (χ4n) is 3.47. The minimum Gasteiger partial charge on any atom is -0.386 e. The Labute approximate surface area is 163 Å². The SMILES string of the molecule is CNc1ccccc1NC1=C(C(=O)N2CCOCC2)S(=O)(=O)c2ccccc21. The highest BCUT2D eigenvalue weighted by Gasteiger charge is 2.42. The first-order valence-electron chi connectivity index (χ1n) is 9.03. The van der Waals surface area contributed by atoms with E-state index in [1.54, 1.807) is 25.2 Å². The van der Waals surface area contributed by atoms with Crippen molar-refractivity contribution < 1.29 is 17.9 Å². The van der Waals surface area contributed by atoms with E-state index < -0.39 is 15.7 Å². The van der Waals surface area contributed by atoms with Gasteiger partial charge >= 0.3 is 0 Å². The number of hydrogen-bond donors (Lipinski definition) is 2. The maximum absolute atomic E-state index is 13.2. The molecule has 2 N–H and O–H groups in total. The second-order valence-electron chi connectivity index (χ2n) is 6.53. The van der Waals surface area contributed by atoms with E-state index in [4.69, 9.17) is 4.74 Å². The molecule has 1 saturated heterocycles. The lowest BCUT2D eigenvalue weighted by molar-refractivity contribution is -0.130. The van der Waals surface area contributed by atoms with Crippen LogP contribution in [0.3, 0.4) is 0 Å². The molecule has 2 aromatic rings. The molecule has 7 nitrogen and oxygen atoms in total. The topological polar surface area (TPSA) is 87.7 Å². The number of benzene rings is 2. The second-order valence-corrected chi connectivity index (χ2v) is 8.38. The molecule has 2 heterocycles. The number of ether oxygens (including phenoxy) is 1. The molecule has 2 aromatic carbocycles. The average Bonchev–Trinajstić information content (AvgIpc) is 2.95. The van der Waals surface area contributed by atoms with Crippen molar-refractivity contribution in [1.29, 1.82) is 0 Å². The van der Waals surface area contributed by atoms with Gasteiger partial charge in [-0.15, -0.1) is 0 Å². The maximum Gasteiger partial charge on any atom is 0.268 e. The third-order valence-corrected chi connectivity index (χ3v) is 6.74. The number of sulfone groups is 1. The Hall–Kier alpha value is -2.84. The molecule has 0 saturated carbocycles. The number of morpholine rings is 1. The van der Waals surface area contributed by atoms with Crippen LogP contribution in [0, 0.1) is 0 Å². The van der Waals surface area contributed by atoms with Gasteiger partial charge in [0, 0.05) is 25.7 Å². The minimum atomic E-state index is -3.92. The molecule has 0 aromatic heterocycles. The summed E-state index contributed by atoms with van der Waals surface area (Å²) in [5.41, 5.74) is 2.31. The largest absolute Gasteiger partial charge is 0.386 e. The number of hydrogen-bond acceptors (Lipinski definition) is 6. The summed E-state index contributed by atoms with van der Waals surface area (Å²) in [5, 5.41) is 6.28. The van der Waals surface area contributed by atoms with Crippen LogP contribution in [0.4, 0.5) is 11.4 Å². The molecule has 146 valence electrons. The van der Waals surface area contributed by atoms with Gasteiger partial charge in [0.25, 0.3) is 5.91 Å². The van der Waals surface area contributed by atoms with Crippen molar-refractivity contribution in [3.05, 3.63) is 59.0 Å². The van der Waals surface area contributed by atoms with Gasteiger partial charge in [0.15, 0.2) is 4.91 Å². The fourth-order valence-corrected chi connectivity index (χ4v) is 5.20. The van der Waals surface area contributed by atoms with Crippen molar-refractivity contribution in [3.63, 3.8) is 0 Å². The van der Waals surface area contributed by atoms with Crippen molar-refractivity contribution in [2.75, 3.05) is 44.0 Å². The van der Waals surface area contributed by atoms with Crippen molar-refractivity contribution >= 4 is 32.8 Å². The highest BCUT2D eigenvalue weighted by molar-refractivity contribution is 7.97. The summed E-state index contributed by atoms with van der Waals surface area (Å²) in [6.07, 6.45) is 0. The molecule has 0 aliphatic carbocycles. The molecule has 28 heavy (non-hydrogen) atoms. The summed E-state index contributed by atoms with van der Waals surface area (Å²) in [7, 11) is -2.13. The molecule has 4 rings (SSSR count). The number of carbonyl (C=O) groups is 1. The maximum atomic E-state index is 13.2. The van der Waals surface area contributed by atoms with Crippen LogP contribution >= 0.6 is 0 Å². The van der Waals surface area contributed by atoms with Gasteiger partial charge in [0.05, 0.1) is 35.2 Å². The zero-order valence-corrected chi connectivity index (χ0v) is 16.3. The van der Waals surface area contributed by atoms with Crippen LogP contribution in [0.5, 0.6) is 0 Å². The molecule has 0 unspecified atom stereocenters. The van der Waals surface area contributed by atoms with Gasteiger partial charge in [-0.3, -0.25) is 4.79 Å². The molecular formula is C20H21N3O4S. The summed E-state index contributed by atoms with van der Waals surface area (Å²) >= 11 is 0. The smallest absolute Gasteiger partial charge is 0.268 e. The van der Waals surface area contributed by atoms with E-state index in [0.29, 0.717) is 43.3 Å². The standard InChI is InChI=1S/C20H21N3O4S/c1-21-15-7-3-4-8-16(15)22-18-14-6-2-5-9-17(14)28(25,26)19(18)20(24)23-10-12-27-13-11-23/h2-9,21-22H,10-13H2,1H3. The number of amides is 1. The van der Waals surface area contributed by atoms with E-state index in [9.17, 15) is 13.2 Å². The number of carbonyl (C=O) groups excluding carboxylic acids is 1. The fraction of sp³-hybridized carbons (Fsp3) is 0.250. The molecule has 1 fully saturated rings. The van der Waals surface area contributed by atoms with Crippen molar-refractivity contribution in [3.8, 4) is 0 Å². The van der Waals surface area contributed by atoms with Gasteiger partial charge in [-0.1, -0.05) is 30.3 Å². The number of rotatable bonds is 4. The Bertz CT molecular complexity index is 1060. The molecular weight excluding hydrogens is 378 g/mol. The van der Waals surface area contributed by atoms with Crippen LogP contribution in [0.15, 0.2) is 58.3 Å². The molecule has 0 atom stereocenters. The Morgan fingerprint density at radius 1 is 1.00 bits per heavy atom. The molecule has 8 heteroatoms. The van der Waals surface area contributed by atoms with Gasteiger partial charge in [-0.25, -0.2) is 8.42 Å². The van der Waals surface area contributed by atoms with Crippen LogP contribution in [-0.4, -0.2) is 52.6 Å². The molecule has 1 amide bonds. The summed E-state index contributed by atoms with van der Waals surface area (Å²) in [4.78, 5) is 14.7. The first-order chi connectivity index (χ1) is 13.5. The van der Waals surface area contributed by atoms with Crippen LogP contribution in [0.2, 0.25) is 0 Å². The van der Waals surface area contributed by atoms with Crippen molar-refractivity contribution in [2.24, 2.45) is 0 Å². The van der Waals surface area contributed by atoms with E-state index in [1.165, 1.54) is 11.0 Å². The van der Waals surface area contributed by atoms with Gasteiger partial charge in [0.2, 0.25) is 9.84 Å². The first-order valence-corrected chi connectivity index (χ1v) is 10.5. The number of nitrogens with one attached hydrogen (secondary N) is 2. The molecule has 0 bridgehead atoms. The number of para-hydroxylation sites is 2. The van der Waals surface area contributed by atoms with E-state index >= 15 is 0 Å². The highest BCUT2D eigenvalue weighted by Crippen LogP contribution is 2.41.